The van der Waals surface area contributed by atoms with Gasteiger partial charge in [-0.05, 0) is 12.1 Å². The van der Waals surface area contributed by atoms with Crippen molar-refractivity contribution in [3.05, 3.63) is 40.2 Å². The third-order valence-electron chi connectivity index (χ3n) is 2.65. The Morgan fingerprint density at radius 1 is 1.28 bits per heavy atom. The molecule has 0 unspecified atom stereocenters. The predicted octanol–water partition coefficient (Wildman–Crippen LogP) is 1.65. The Morgan fingerprint density at radius 3 is 2.61 bits per heavy atom. The normalized spacial score (nSPS) is 10.4. The Hall–Kier alpha value is -2.30. The minimum absolute atomic E-state index is 0.217. The molecule has 0 aliphatic carbocycles. The van der Waals surface area contributed by atoms with Crippen LogP contribution in [0.1, 0.15) is 10.4 Å². The van der Waals surface area contributed by atoms with Gasteiger partial charge in [0.25, 0.3) is 0 Å². The minimum atomic E-state index is -0.571. The van der Waals surface area contributed by atoms with Crippen LogP contribution in [-0.2, 0) is 4.74 Å². The van der Waals surface area contributed by atoms with Crippen LogP contribution in [0.3, 0.4) is 0 Å². The van der Waals surface area contributed by atoms with Crippen LogP contribution in [0, 0.1) is 0 Å². The summed E-state index contributed by atoms with van der Waals surface area (Å²) in [6.07, 6.45) is 0. The number of methoxy groups -OCH3 is 1. The fourth-order valence-electron chi connectivity index (χ4n) is 1.71. The predicted molar refractivity (Wildman–Crippen MR) is 68.2 cm³/mol. The van der Waals surface area contributed by atoms with Crippen molar-refractivity contribution in [2.24, 2.45) is 0 Å². The second-order valence-corrected chi connectivity index (χ2v) is 4.05. The van der Waals surface area contributed by atoms with Crippen molar-refractivity contribution in [3.63, 3.8) is 0 Å². The quantitative estimate of drug-likeness (QED) is 0.596. The van der Waals surface area contributed by atoms with Crippen molar-refractivity contribution in [2.45, 2.75) is 0 Å². The van der Waals surface area contributed by atoms with Crippen molar-refractivity contribution in [1.29, 1.82) is 0 Å². The van der Waals surface area contributed by atoms with Gasteiger partial charge in [0.2, 0.25) is 0 Å². The molecule has 0 atom stereocenters. The molecule has 2 aromatic rings. The summed E-state index contributed by atoms with van der Waals surface area (Å²) in [4.78, 5) is 24.9. The van der Waals surface area contributed by atoms with Crippen LogP contribution >= 0.6 is 0 Å². The number of carbonyl (C=O) groups excluding carboxylic acids is 1. The number of nitrogens with zero attached hydrogens (tertiary/aromatic N) is 1. The van der Waals surface area contributed by atoms with Crippen molar-refractivity contribution < 1.29 is 13.9 Å². The summed E-state index contributed by atoms with van der Waals surface area (Å²) in [6, 6.07) is 6.43. The van der Waals surface area contributed by atoms with Crippen molar-refractivity contribution in [3.8, 4) is 0 Å². The Kier molecular flexibility index (Phi) is 3.06. The number of fused-ring (bicyclic) bond motifs is 1. The fraction of sp³-hybridized carbons (Fsp3) is 0.231. The zero-order valence-corrected chi connectivity index (χ0v) is 10.4. The molecule has 0 radical (unpaired) electrons. The molecule has 0 saturated heterocycles. The van der Waals surface area contributed by atoms with Gasteiger partial charge < -0.3 is 14.1 Å². The van der Waals surface area contributed by atoms with E-state index in [-0.39, 0.29) is 5.56 Å². The molecular weight excluding hydrogens is 234 g/mol. The van der Waals surface area contributed by atoms with Gasteiger partial charge in [-0.15, -0.1) is 0 Å². The van der Waals surface area contributed by atoms with Gasteiger partial charge in [-0.1, -0.05) is 0 Å². The first-order chi connectivity index (χ1) is 8.52. The van der Waals surface area contributed by atoms with E-state index in [1.54, 1.807) is 12.1 Å². The molecule has 0 aliphatic rings. The summed E-state index contributed by atoms with van der Waals surface area (Å²) in [6.45, 7) is 0. The Labute approximate surface area is 104 Å². The highest BCUT2D eigenvalue weighted by Crippen LogP contribution is 2.22. The largest absolute Gasteiger partial charge is 0.465 e. The number of carbonyl (C=O) groups is 1. The van der Waals surface area contributed by atoms with E-state index in [2.05, 4.69) is 4.74 Å². The highest BCUT2D eigenvalue weighted by molar-refractivity contribution is 6.03. The van der Waals surface area contributed by atoms with Crippen LogP contribution in [0.5, 0.6) is 0 Å². The van der Waals surface area contributed by atoms with Crippen LogP contribution in [-0.4, -0.2) is 27.2 Å². The van der Waals surface area contributed by atoms with Gasteiger partial charge in [-0.3, -0.25) is 0 Å². The number of ether oxygens (including phenoxy) is 1. The summed E-state index contributed by atoms with van der Waals surface area (Å²) in [5.41, 5.74) is 0.898. The molecule has 2 rings (SSSR count). The standard InChI is InChI=1S/C13H13NO4/c1-14(2)8-4-5-9-10(13(16)17-3)7-12(15)18-11(9)6-8/h4-7H,1-3H3. The lowest BCUT2D eigenvalue weighted by Gasteiger charge is -2.12. The Bertz CT molecular complexity index is 658. The second-order valence-electron chi connectivity index (χ2n) is 4.05. The van der Waals surface area contributed by atoms with Gasteiger partial charge in [0.05, 0.1) is 12.7 Å². The van der Waals surface area contributed by atoms with E-state index in [4.69, 9.17) is 4.42 Å². The monoisotopic (exact) mass is 247 g/mol. The third kappa shape index (κ3) is 2.07. The van der Waals surface area contributed by atoms with Gasteiger partial charge in [0, 0.05) is 37.3 Å². The number of esters is 1. The molecule has 0 bridgehead atoms. The molecule has 0 amide bonds. The van der Waals surface area contributed by atoms with Crippen LogP contribution in [0.15, 0.2) is 33.5 Å². The maximum atomic E-state index is 11.6. The van der Waals surface area contributed by atoms with E-state index < -0.39 is 11.6 Å². The number of hydrogen-bond donors (Lipinski definition) is 0. The van der Waals surface area contributed by atoms with E-state index in [1.807, 2.05) is 25.1 Å². The zero-order chi connectivity index (χ0) is 13.3. The fourth-order valence-corrected chi connectivity index (χ4v) is 1.71. The molecule has 1 aromatic heterocycles. The molecule has 1 heterocycles. The topological polar surface area (TPSA) is 59.8 Å². The van der Waals surface area contributed by atoms with Crippen molar-refractivity contribution >= 4 is 22.6 Å². The Morgan fingerprint density at radius 2 is 2.00 bits per heavy atom. The lowest BCUT2D eigenvalue weighted by Crippen LogP contribution is -2.10. The molecule has 0 N–H and O–H groups in total. The number of anilines is 1. The van der Waals surface area contributed by atoms with Crippen LogP contribution in [0.25, 0.3) is 11.0 Å². The molecule has 1 aromatic carbocycles. The van der Waals surface area contributed by atoms with Crippen molar-refractivity contribution in [1.82, 2.24) is 0 Å². The van der Waals surface area contributed by atoms with E-state index >= 15 is 0 Å². The lowest BCUT2D eigenvalue weighted by molar-refractivity contribution is 0.0602. The zero-order valence-electron chi connectivity index (χ0n) is 10.4. The van der Waals surface area contributed by atoms with Crippen molar-refractivity contribution in [2.75, 3.05) is 26.1 Å². The molecular formula is C13H13NO4. The lowest BCUT2D eigenvalue weighted by atomic mass is 10.1. The van der Waals surface area contributed by atoms with Gasteiger partial charge in [-0.25, -0.2) is 9.59 Å². The minimum Gasteiger partial charge on any atom is -0.465 e. The van der Waals surface area contributed by atoms with Gasteiger partial charge in [-0.2, -0.15) is 0 Å². The maximum Gasteiger partial charge on any atom is 0.338 e. The Balaban J connectivity index is 2.74. The third-order valence-corrected chi connectivity index (χ3v) is 2.65. The second kappa shape index (κ2) is 4.52. The van der Waals surface area contributed by atoms with Crippen LogP contribution in [0.2, 0.25) is 0 Å². The van der Waals surface area contributed by atoms with E-state index in [1.165, 1.54) is 7.11 Å². The molecule has 0 aliphatic heterocycles. The molecule has 0 fully saturated rings. The highest BCUT2D eigenvalue weighted by Gasteiger charge is 2.14. The summed E-state index contributed by atoms with van der Waals surface area (Å²) >= 11 is 0. The summed E-state index contributed by atoms with van der Waals surface area (Å²) < 4.78 is 9.74. The smallest absolute Gasteiger partial charge is 0.338 e. The van der Waals surface area contributed by atoms with E-state index in [0.29, 0.717) is 11.0 Å². The first-order valence-electron chi connectivity index (χ1n) is 5.36. The molecule has 94 valence electrons. The van der Waals surface area contributed by atoms with Gasteiger partial charge in [0.15, 0.2) is 0 Å². The highest BCUT2D eigenvalue weighted by atomic mass is 16.5. The molecule has 5 heteroatoms. The number of hydrogen-bond acceptors (Lipinski definition) is 5. The SMILES string of the molecule is COC(=O)c1cc(=O)oc2cc(N(C)C)ccc12. The van der Waals surface area contributed by atoms with Gasteiger partial charge in [0.1, 0.15) is 5.58 Å². The molecule has 5 nitrogen and oxygen atoms in total. The van der Waals surface area contributed by atoms with Crippen LogP contribution in [0.4, 0.5) is 5.69 Å². The van der Waals surface area contributed by atoms with E-state index in [9.17, 15) is 9.59 Å². The molecule has 0 saturated carbocycles. The molecule has 0 spiro atoms. The summed E-state index contributed by atoms with van der Waals surface area (Å²) in [7, 11) is 5.03. The summed E-state index contributed by atoms with van der Waals surface area (Å²) in [5.74, 6) is -0.550. The number of rotatable bonds is 2. The van der Waals surface area contributed by atoms with E-state index in [0.717, 1.165) is 11.8 Å². The summed E-state index contributed by atoms with van der Waals surface area (Å²) in [5, 5.41) is 0.562. The average molecular weight is 247 g/mol. The molecule has 18 heavy (non-hydrogen) atoms. The first-order valence-corrected chi connectivity index (χ1v) is 5.36. The van der Waals surface area contributed by atoms with Crippen LogP contribution < -0.4 is 10.5 Å². The first kappa shape index (κ1) is 12.2. The van der Waals surface area contributed by atoms with Gasteiger partial charge >= 0.3 is 11.6 Å². The maximum absolute atomic E-state index is 11.6. The average Bonchev–Trinajstić information content (AvgIpc) is 2.35. The number of benzene rings is 1.